The third kappa shape index (κ3) is 7.41. The second-order valence-corrected chi connectivity index (χ2v) is 2.66. The summed E-state index contributed by atoms with van der Waals surface area (Å²) in [6.45, 7) is 4.09. The van der Waals surface area contributed by atoms with E-state index in [9.17, 15) is 4.79 Å². The molecule has 0 N–H and O–H groups in total. The first-order chi connectivity index (χ1) is 5.81. The lowest BCUT2D eigenvalue weighted by atomic mass is 10.2. The number of hydrogen-bond acceptors (Lipinski definition) is 3. The van der Waals surface area contributed by atoms with E-state index in [4.69, 9.17) is 4.74 Å². The van der Waals surface area contributed by atoms with E-state index >= 15 is 0 Å². The van der Waals surface area contributed by atoms with Crippen LogP contribution in [0.25, 0.3) is 0 Å². The molecule has 0 radical (unpaired) electrons. The fourth-order valence-electron chi connectivity index (χ4n) is 0.774. The highest BCUT2D eigenvalue weighted by Gasteiger charge is 1.94. The Morgan fingerprint density at radius 1 is 1.42 bits per heavy atom. The number of carbonyl (C=O) groups is 1. The number of rotatable bonds is 7. The number of ether oxygens (including phenoxy) is 1. The second kappa shape index (κ2) is 8.40. The van der Waals surface area contributed by atoms with Crippen LogP contribution in [0.1, 0.15) is 25.7 Å². The van der Waals surface area contributed by atoms with Gasteiger partial charge in [0.1, 0.15) is 0 Å². The number of unbranched alkanes of at least 4 members (excludes halogenated alkanes) is 3. The van der Waals surface area contributed by atoms with E-state index in [1.165, 1.54) is 0 Å². The molecular weight excluding hydrogens is 172 g/mol. The topological polar surface area (TPSA) is 26.3 Å². The maximum absolute atomic E-state index is 10.5. The van der Waals surface area contributed by atoms with Crippen LogP contribution in [0.3, 0.4) is 0 Å². The van der Waals surface area contributed by atoms with Gasteiger partial charge in [0.15, 0.2) is 0 Å². The van der Waals surface area contributed by atoms with Crippen molar-refractivity contribution in [1.82, 2.24) is 0 Å². The summed E-state index contributed by atoms with van der Waals surface area (Å²) in [6.07, 6.45) is 6.00. The lowest BCUT2D eigenvalue weighted by Crippen LogP contribution is -2.05. The monoisotopic (exact) mass is 186 g/mol. The molecule has 0 rings (SSSR count). The smallest absolute Gasteiger partial charge is 0.341 e. The van der Waals surface area contributed by atoms with Crippen molar-refractivity contribution in [3.8, 4) is 0 Å². The lowest BCUT2D eigenvalue weighted by Gasteiger charge is -1.99. The minimum absolute atomic E-state index is 0.409. The van der Waals surface area contributed by atoms with Crippen molar-refractivity contribution in [3.63, 3.8) is 0 Å². The lowest BCUT2D eigenvalue weighted by molar-refractivity contribution is -0.134. The summed E-state index contributed by atoms with van der Waals surface area (Å²) in [5, 5.41) is 1.02. The molecule has 0 atom stereocenters. The summed E-state index contributed by atoms with van der Waals surface area (Å²) in [5.74, 6) is -0.409. The maximum Gasteiger partial charge on any atom is 0.341 e. The molecule has 0 aliphatic heterocycles. The van der Waals surface area contributed by atoms with Crippen molar-refractivity contribution in [2.75, 3.05) is 6.61 Å². The average Bonchev–Trinajstić information content (AvgIpc) is 2.10. The number of hydrogen-bond donors (Lipinski definition) is 0. The van der Waals surface area contributed by atoms with Gasteiger partial charge in [-0.25, -0.2) is 4.79 Å². The molecule has 0 aromatic carbocycles. The number of allylic oxidation sites excluding steroid dienone is 1. The van der Waals surface area contributed by atoms with Crippen molar-refractivity contribution < 1.29 is 9.53 Å². The predicted molar refractivity (Wildman–Crippen MR) is 53.3 cm³/mol. The van der Waals surface area contributed by atoms with Gasteiger partial charge in [0, 0.05) is 0 Å². The molecule has 3 heteroatoms. The molecule has 0 amide bonds. The third-order valence-corrected chi connectivity index (χ3v) is 1.59. The summed E-state index contributed by atoms with van der Waals surface area (Å²) >= 11 is 4.38. The maximum atomic E-state index is 10.5. The van der Waals surface area contributed by atoms with Crippen LogP contribution in [-0.4, -0.2) is 17.9 Å². The largest absolute Gasteiger partial charge is 0.462 e. The van der Waals surface area contributed by atoms with Gasteiger partial charge >= 0.3 is 5.97 Å². The highest BCUT2D eigenvalue weighted by Crippen LogP contribution is 1.99. The fourth-order valence-corrected chi connectivity index (χ4v) is 0.842. The first-order valence-electron chi connectivity index (χ1n) is 4.04. The summed E-state index contributed by atoms with van der Waals surface area (Å²) in [7, 11) is 0. The molecule has 2 nitrogen and oxygen atoms in total. The summed E-state index contributed by atoms with van der Waals surface area (Å²) in [4.78, 5) is 10.5. The number of thiocarbonyl (C=S) groups is 1. The molecule has 0 aromatic rings. The Morgan fingerprint density at radius 2 is 2.17 bits per heavy atom. The van der Waals surface area contributed by atoms with Crippen LogP contribution in [0, 0.1) is 0 Å². The molecule has 68 valence electrons. The molecule has 0 spiro atoms. The normalized spacial score (nSPS) is 9.00. The van der Waals surface area contributed by atoms with Crippen molar-refractivity contribution in [1.29, 1.82) is 0 Å². The molecule has 0 aliphatic rings. The van der Waals surface area contributed by atoms with Gasteiger partial charge < -0.3 is 4.74 Å². The summed E-state index contributed by atoms with van der Waals surface area (Å²) in [5.41, 5.74) is 0. The molecule has 12 heavy (non-hydrogen) atoms. The first-order valence-corrected chi connectivity index (χ1v) is 4.51. The van der Waals surface area contributed by atoms with Crippen LogP contribution in [-0.2, 0) is 9.53 Å². The average molecular weight is 186 g/mol. The van der Waals surface area contributed by atoms with Crippen molar-refractivity contribution >= 4 is 23.6 Å². The van der Waals surface area contributed by atoms with Gasteiger partial charge in [-0.3, -0.25) is 0 Å². The molecule has 0 aliphatic carbocycles. The van der Waals surface area contributed by atoms with E-state index in [1.807, 2.05) is 6.08 Å². The second-order valence-electron chi connectivity index (χ2n) is 2.42. The minimum Gasteiger partial charge on any atom is -0.462 e. The third-order valence-electron chi connectivity index (χ3n) is 1.39. The molecule has 0 aromatic heterocycles. The minimum atomic E-state index is -0.409. The van der Waals surface area contributed by atoms with Crippen LogP contribution in [0.5, 0.6) is 0 Å². The Hall–Kier alpha value is -0.700. The highest BCUT2D eigenvalue weighted by molar-refractivity contribution is 7.80. The highest BCUT2D eigenvalue weighted by atomic mass is 32.1. The van der Waals surface area contributed by atoms with Crippen LogP contribution >= 0.6 is 12.2 Å². The Balaban J connectivity index is 3.05. The SMILES string of the molecule is C=CCCCCCOC(=O)C=S. The van der Waals surface area contributed by atoms with Crippen molar-refractivity contribution in [2.24, 2.45) is 0 Å². The van der Waals surface area contributed by atoms with Gasteiger partial charge in [-0.1, -0.05) is 18.3 Å². The predicted octanol–water partition coefficient (Wildman–Crippen LogP) is 2.28. The molecule has 0 saturated carbocycles. The fraction of sp³-hybridized carbons (Fsp3) is 0.556. The van der Waals surface area contributed by atoms with Gasteiger partial charge in [0.25, 0.3) is 0 Å². The van der Waals surface area contributed by atoms with Crippen molar-refractivity contribution in [3.05, 3.63) is 12.7 Å². The Bertz CT molecular complexity index is 155. The first kappa shape index (κ1) is 11.3. The van der Waals surface area contributed by atoms with E-state index < -0.39 is 5.97 Å². The van der Waals surface area contributed by atoms with Gasteiger partial charge in [-0.05, 0) is 25.7 Å². The Labute approximate surface area is 78.6 Å². The van der Waals surface area contributed by atoms with Crippen LogP contribution in [0.2, 0.25) is 0 Å². The zero-order valence-corrected chi connectivity index (χ0v) is 7.94. The zero-order valence-electron chi connectivity index (χ0n) is 7.12. The molecule has 0 fully saturated rings. The zero-order chi connectivity index (χ0) is 9.23. The van der Waals surface area contributed by atoms with E-state index in [1.54, 1.807) is 0 Å². The van der Waals surface area contributed by atoms with Crippen LogP contribution < -0.4 is 0 Å². The van der Waals surface area contributed by atoms with Crippen LogP contribution in [0.15, 0.2) is 12.7 Å². The molecule has 0 heterocycles. The summed E-state index contributed by atoms with van der Waals surface area (Å²) in [6, 6.07) is 0. The molecular formula is C9H14O2S. The number of esters is 1. The summed E-state index contributed by atoms with van der Waals surface area (Å²) < 4.78 is 4.75. The van der Waals surface area contributed by atoms with Gasteiger partial charge in [0.05, 0.1) is 12.0 Å². The van der Waals surface area contributed by atoms with E-state index in [2.05, 4.69) is 18.8 Å². The van der Waals surface area contributed by atoms with Gasteiger partial charge in [-0.2, -0.15) is 0 Å². The van der Waals surface area contributed by atoms with E-state index in [0.29, 0.717) is 6.61 Å². The van der Waals surface area contributed by atoms with Gasteiger partial charge in [-0.15, -0.1) is 6.58 Å². The molecule has 0 saturated heterocycles. The number of carbonyl (C=O) groups excluding carboxylic acids is 1. The molecule has 0 bridgehead atoms. The van der Waals surface area contributed by atoms with E-state index in [0.717, 1.165) is 31.1 Å². The standard InChI is InChI=1S/C9H14O2S/c1-2-3-4-5-6-7-11-9(10)8-12/h2,8H,1,3-7H2. The van der Waals surface area contributed by atoms with Crippen molar-refractivity contribution in [2.45, 2.75) is 25.7 Å². The quantitative estimate of drug-likeness (QED) is 0.264. The Morgan fingerprint density at radius 3 is 2.75 bits per heavy atom. The Kier molecular flexibility index (Phi) is 7.91. The van der Waals surface area contributed by atoms with Crippen LogP contribution in [0.4, 0.5) is 0 Å². The van der Waals surface area contributed by atoms with Gasteiger partial charge in [0.2, 0.25) is 0 Å². The molecule has 0 unspecified atom stereocenters. The van der Waals surface area contributed by atoms with E-state index in [-0.39, 0.29) is 0 Å².